The Morgan fingerprint density at radius 2 is 2.00 bits per heavy atom. The number of aromatic nitrogens is 3. The number of imidazole rings is 1. The first-order valence-corrected chi connectivity index (χ1v) is 11.7. The van der Waals surface area contributed by atoms with Gasteiger partial charge in [-0.05, 0) is 62.1 Å². The van der Waals surface area contributed by atoms with Gasteiger partial charge in [-0.25, -0.2) is 9.97 Å². The van der Waals surface area contributed by atoms with Gasteiger partial charge in [-0.15, -0.1) is 0 Å². The molecule has 2 aromatic heterocycles. The highest BCUT2D eigenvalue weighted by Gasteiger charge is 2.20. The Morgan fingerprint density at radius 3 is 2.72 bits per heavy atom. The summed E-state index contributed by atoms with van der Waals surface area (Å²) in [5.41, 5.74) is 4.29. The van der Waals surface area contributed by atoms with Crippen LogP contribution < -0.4 is 9.64 Å². The van der Waals surface area contributed by atoms with E-state index in [0.29, 0.717) is 19.6 Å². The molecule has 4 rings (SSSR count). The van der Waals surface area contributed by atoms with Crippen LogP contribution in [0.1, 0.15) is 30.0 Å². The molecule has 0 atom stereocenters. The number of nitrogens with zero attached hydrogens (tertiary/aromatic N) is 4. The molecule has 2 aromatic carbocycles. The summed E-state index contributed by atoms with van der Waals surface area (Å²) in [6, 6.07) is 12.0. The van der Waals surface area contributed by atoms with Gasteiger partial charge in [0.15, 0.2) is 5.13 Å². The molecule has 2 heterocycles. The van der Waals surface area contributed by atoms with E-state index in [2.05, 4.69) is 31.0 Å². The van der Waals surface area contributed by atoms with E-state index in [4.69, 9.17) is 9.72 Å². The molecule has 1 amide bonds. The van der Waals surface area contributed by atoms with Crippen molar-refractivity contribution < 1.29 is 9.53 Å². The van der Waals surface area contributed by atoms with E-state index in [1.54, 1.807) is 23.9 Å². The topological polar surface area (TPSA) is 60.2 Å². The molecule has 0 saturated heterocycles. The van der Waals surface area contributed by atoms with E-state index in [1.807, 2.05) is 46.9 Å². The number of carbonyl (C=O) groups excluding carboxylic acids is 1. The Bertz CT molecular complexity index is 1180. The predicted octanol–water partition coefficient (Wildman–Crippen LogP) is 5.17. The number of ether oxygens (including phenoxy) is 1. The van der Waals surface area contributed by atoms with Gasteiger partial charge in [-0.2, -0.15) is 0 Å². The van der Waals surface area contributed by atoms with E-state index in [1.165, 1.54) is 11.1 Å². The highest BCUT2D eigenvalue weighted by Crippen LogP contribution is 2.32. The molecule has 7 heteroatoms. The van der Waals surface area contributed by atoms with Gasteiger partial charge in [0, 0.05) is 25.5 Å². The molecule has 0 aliphatic heterocycles. The highest BCUT2D eigenvalue weighted by atomic mass is 32.1. The predicted molar refractivity (Wildman–Crippen MR) is 130 cm³/mol. The molecule has 0 unspecified atom stereocenters. The maximum atomic E-state index is 13.4. The fourth-order valence-corrected chi connectivity index (χ4v) is 4.84. The SMILES string of the molecule is CCOc1ccc(CC(=O)N(CCCn2ccnc2)c2nc3cc(C)cc(C)c3s2)cc1. The number of anilines is 1. The monoisotopic (exact) mass is 448 g/mol. The van der Waals surface area contributed by atoms with Gasteiger partial charge in [0.25, 0.3) is 0 Å². The maximum absolute atomic E-state index is 13.4. The number of hydrogen-bond donors (Lipinski definition) is 0. The molecule has 0 aliphatic carbocycles. The van der Waals surface area contributed by atoms with Crippen LogP contribution in [0, 0.1) is 13.8 Å². The molecule has 6 nitrogen and oxygen atoms in total. The smallest absolute Gasteiger partial charge is 0.233 e. The lowest BCUT2D eigenvalue weighted by atomic mass is 10.1. The second kappa shape index (κ2) is 9.96. The first kappa shape index (κ1) is 22.0. The zero-order chi connectivity index (χ0) is 22.5. The molecule has 0 bridgehead atoms. The van der Waals surface area contributed by atoms with Gasteiger partial charge in [0.1, 0.15) is 5.75 Å². The molecule has 0 aliphatic rings. The summed E-state index contributed by atoms with van der Waals surface area (Å²) in [5, 5.41) is 0.760. The summed E-state index contributed by atoms with van der Waals surface area (Å²) in [6.07, 6.45) is 6.66. The average molecular weight is 449 g/mol. The van der Waals surface area contributed by atoms with E-state index >= 15 is 0 Å². The number of carbonyl (C=O) groups is 1. The summed E-state index contributed by atoms with van der Waals surface area (Å²) in [5.74, 6) is 0.867. The molecule has 0 N–H and O–H groups in total. The van der Waals surface area contributed by atoms with E-state index in [0.717, 1.165) is 39.6 Å². The summed E-state index contributed by atoms with van der Waals surface area (Å²) < 4.78 is 8.68. The Morgan fingerprint density at radius 1 is 1.19 bits per heavy atom. The van der Waals surface area contributed by atoms with Crippen molar-refractivity contribution in [2.75, 3.05) is 18.1 Å². The number of benzene rings is 2. The van der Waals surface area contributed by atoms with Crippen LogP contribution >= 0.6 is 11.3 Å². The number of aryl methyl sites for hydroxylation is 3. The summed E-state index contributed by atoms with van der Waals surface area (Å²) in [7, 11) is 0. The standard InChI is InChI=1S/C25H28N4O2S/c1-4-31-21-8-6-20(7-9-21)16-23(30)29(12-5-11-28-13-10-26-17-28)25-27-22-15-18(2)14-19(3)24(22)32-25/h6-10,13-15,17H,4-5,11-12,16H2,1-3H3. The number of hydrogen-bond acceptors (Lipinski definition) is 5. The first-order valence-electron chi connectivity index (χ1n) is 10.9. The normalized spacial score (nSPS) is 11.1. The lowest BCUT2D eigenvalue weighted by Crippen LogP contribution is -2.33. The summed E-state index contributed by atoms with van der Waals surface area (Å²) in [4.78, 5) is 24.2. The lowest BCUT2D eigenvalue weighted by molar-refractivity contribution is -0.118. The molecular formula is C25H28N4O2S. The van der Waals surface area contributed by atoms with Crippen molar-refractivity contribution in [3.8, 4) is 5.75 Å². The minimum absolute atomic E-state index is 0.0493. The van der Waals surface area contributed by atoms with Gasteiger partial charge < -0.3 is 9.30 Å². The van der Waals surface area contributed by atoms with Crippen LogP contribution in [0.25, 0.3) is 10.2 Å². The Balaban J connectivity index is 1.56. The minimum Gasteiger partial charge on any atom is -0.494 e. The van der Waals surface area contributed by atoms with Crippen LogP contribution in [0.2, 0.25) is 0 Å². The molecule has 0 fully saturated rings. The third-order valence-electron chi connectivity index (χ3n) is 5.29. The fraction of sp³-hybridized carbons (Fsp3) is 0.320. The zero-order valence-corrected chi connectivity index (χ0v) is 19.6. The number of thiazole rings is 1. The van der Waals surface area contributed by atoms with Crippen LogP contribution in [0.3, 0.4) is 0 Å². The summed E-state index contributed by atoms with van der Waals surface area (Å²) >= 11 is 1.59. The van der Waals surface area contributed by atoms with Crippen molar-refractivity contribution in [1.82, 2.24) is 14.5 Å². The highest BCUT2D eigenvalue weighted by molar-refractivity contribution is 7.22. The summed E-state index contributed by atoms with van der Waals surface area (Å²) in [6.45, 7) is 8.16. The fourth-order valence-electron chi connectivity index (χ4n) is 3.78. The molecule has 0 saturated carbocycles. The molecule has 0 spiro atoms. The van der Waals surface area contributed by atoms with Crippen molar-refractivity contribution in [3.05, 3.63) is 71.8 Å². The van der Waals surface area contributed by atoms with Gasteiger partial charge in [-0.3, -0.25) is 9.69 Å². The Hall–Kier alpha value is -3.19. The molecule has 166 valence electrons. The van der Waals surface area contributed by atoms with Crippen molar-refractivity contribution in [2.24, 2.45) is 0 Å². The third-order valence-corrected chi connectivity index (χ3v) is 6.52. The van der Waals surface area contributed by atoms with Crippen LogP contribution in [0.5, 0.6) is 5.75 Å². The second-order valence-electron chi connectivity index (χ2n) is 7.88. The number of rotatable bonds is 9. The van der Waals surface area contributed by atoms with Crippen molar-refractivity contribution in [3.63, 3.8) is 0 Å². The van der Waals surface area contributed by atoms with Crippen molar-refractivity contribution in [2.45, 2.75) is 40.2 Å². The van der Waals surface area contributed by atoms with E-state index in [-0.39, 0.29) is 5.91 Å². The van der Waals surface area contributed by atoms with Gasteiger partial charge >= 0.3 is 0 Å². The molecule has 32 heavy (non-hydrogen) atoms. The average Bonchev–Trinajstić information content (AvgIpc) is 3.42. The molecular weight excluding hydrogens is 420 g/mol. The quantitative estimate of drug-likeness (QED) is 0.354. The van der Waals surface area contributed by atoms with Gasteiger partial charge in [0.2, 0.25) is 5.91 Å². The second-order valence-corrected chi connectivity index (χ2v) is 8.86. The van der Waals surface area contributed by atoms with Gasteiger partial charge in [-0.1, -0.05) is 29.5 Å². The molecule has 4 aromatic rings. The van der Waals surface area contributed by atoms with Crippen LogP contribution in [0.4, 0.5) is 5.13 Å². The third kappa shape index (κ3) is 5.16. The first-order chi connectivity index (χ1) is 15.5. The van der Waals surface area contributed by atoms with Crippen molar-refractivity contribution >= 4 is 32.6 Å². The Kier molecular flexibility index (Phi) is 6.85. The Labute approximate surface area is 192 Å². The molecule has 0 radical (unpaired) electrons. The minimum atomic E-state index is 0.0493. The van der Waals surface area contributed by atoms with Crippen LogP contribution in [0.15, 0.2) is 55.1 Å². The van der Waals surface area contributed by atoms with Crippen LogP contribution in [-0.4, -0.2) is 33.6 Å². The number of fused-ring (bicyclic) bond motifs is 1. The van der Waals surface area contributed by atoms with Gasteiger partial charge in [0.05, 0.1) is 29.6 Å². The lowest BCUT2D eigenvalue weighted by Gasteiger charge is -2.20. The maximum Gasteiger partial charge on any atom is 0.233 e. The van der Waals surface area contributed by atoms with E-state index in [9.17, 15) is 4.79 Å². The number of amides is 1. The van der Waals surface area contributed by atoms with Crippen molar-refractivity contribution in [1.29, 1.82) is 0 Å². The largest absolute Gasteiger partial charge is 0.494 e. The zero-order valence-electron chi connectivity index (χ0n) is 18.7. The van der Waals surface area contributed by atoms with Crippen LogP contribution in [-0.2, 0) is 17.8 Å². The van der Waals surface area contributed by atoms with E-state index < -0.39 is 0 Å².